The van der Waals surface area contributed by atoms with Crippen LogP contribution in [0.4, 0.5) is 0 Å². The van der Waals surface area contributed by atoms with Crippen molar-refractivity contribution in [3.63, 3.8) is 0 Å². The van der Waals surface area contributed by atoms with Crippen LogP contribution in [0.3, 0.4) is 0 Å². The van der Waals surface area contributed by atoms with Gasteiger partial charge in [-0.15, -0.1) is 0 Å². The Morgan fingerprint density at radius 1 is 0.549 bits per heavy atom. The van der Waals surface area contributed by atoms with Gasteiger partial charge in [-0.3, -0.25) is 9.59 Å². The van der Waals surface area contributed by atoms with E-state index >= 15 is 0 Å². The lowest BCUT2D eigenvalue weighted by Gasteiger charge is -2.40. The minimum absolute atomic E-state index is 0.0388. The average Bonchev–Trinajstić information content (AvgIpc) is 3.37. The zero-order valence-electron chi connectivity index (χ0n) is 45.2. The Hall–Kier alpha value is -2.64. The van der Waals surface area contributed by atoms with E-state index in [-0.39, 0.29) is 18.5 Å². The highest BCUT2D eigenvalue weighted by atomic mass is 16.7. The third-order valence-corrected chi connectivity index (χ3v) is 13.5. The van der Waals surface area contributed by atoms with Gasteiger partial charge in [0.05, 0.1) is 32.0 Å². The lowest BCUT2D eigenvalue weighted by atomic mass is 9.99. The zero-order valence-corrected chi connectivity index (χ0v) is 45.2. The van der Waals surface area contributed by atoms with Crippen LogP contribution in [0, 0.1) is 0 Å². The van der Waals surface area contributed by atoms with Gasteiger partial charge in [0.15, 0.2) is 6.29 Å². The Balaban J connectivity index is 2.07. The Morgan fingerprint density at radius 2 is 1.01 bits per heavy atom. The van der Waals surface area contributed by atoms with Crippen molar-refractivity contribution in [1.82, 2.24) is 5.32 Å². The summed E-state index contributed by atoms with van der Waals surface area (Å²) in [6, 6.07) is -0.851. The molecule has 71 heavy (non-hydrogen) atoms. The van der Waals surface area contributed by atoms with Crippen LogP contribution < -0.4 is 5.32 Å². The summed E-state index contributed by atoms with van der Waals surface area (Å²) >= 11 is 0. The molecule has 11 nitrogen and oxygen atoms in total. The summed E-state index contributed by atoms with van der Waals surface area (Å²) in [7, 11) is 0. The lowest BCUT2D eigenvalue weighted by Crippen LogP contribution is -2.60. The molecule has 1 aliphatic heterocycles. The molecule has 1 saturated heterocycles. The molecule has 0 radical (unpaired) electrons. The minimum Gasteiger partial charge on any atom is -0.466 e. The molecule has 7 unspecified atom stereocenters. The molecule has 412 valence electrons. The van der Waals surface area contributed by atoms with Gasteiger partial charge in [0, 0.05) is 12.8 Å². The predicted octanol–water partition coefficient (Wildman–Crippen LogP) is 13.1. The minimum atomic E-state index is -1.59. The van der Waals surface area contributed by atoms with Crippen LogP contribution in [0.2, 0.25) is 0 Å². The summed E-state index contributed by atoms with van der Waals surface area (Å²) in [4.78, 5) is 25.1. The second-order valence-electron chi connectivity index (χ2n) is 20.0. The molecule has 1 rings (SSSR count). The molecular weight excluding hydrogens is 895 g/mol. The molecule has 0 aliphatic carbocycles. The largest absolute Gasteiger partial charge is 0.466 e. The zero-order chi connectivity index (χ0) is 51.7. The van der Waals surface area contributed by atoms with E-state index in [0.29, 0.717) is 32.3 Å². The summed E-state index contributed by atoms with van der Waals surface area (Å²) in [5.41, 5.74) is 0. The molecular formula is C60H107NO10. The van der Waals surface area contributed by atoms with Crippen molar-refractivity contribution in [2.75, 3.05) is 19.8 Å². The first-order valence-corrected chi connectivity index (χ1v) is 29.0. The molecule has 0 aromatic heterocycles. The van der Waals surface area contributed by atoms with Crippen molar-refractivity contribution in [2.24, 2.45) is 0 Å². The maximum atomic E-state index is 13.0. The standard InChI is InChI=1S/C60H107NO10/c1-3-5-7-9-11-13-14-15-16-17-18-19-22-25-28-32-36-40-44-48-56(65)69-49-45-41-37-33-29-26-23-20-21-24-27-31-35-39-43-47-55(64)61-52(53(63)46-42-38-34-30-12-10-8-6-4-2)51-70-60-59(68)58(67)57(66)54(50-62)71-60/h4,6,12,20,23,26,29-30,42,46,52-54,57-60,62-63,66-68H,3,5,7-11,13-19,21-22,24-25,27-28,31-41,43-45,47-51H2,1-2H3,(H,61,64)/b6-4+,23-20-,29-26-,30-12+,46-42+. The van der Waals surface area contributed by atoms with E-state index < -0.39 is 49.5 Å². The van der Waals surface area contributed by atoms with E-state index in [9.17, 15) is 35.1 Å². The van der Waals surface area contributed by atoms with Gasteiger partial charge >= 0.3 is 5.97 Å². The van der Waals surface area contributed by atoms with Gasteiger partial charge in [-0.1, -0.05) is 209 Å². The number of hydrogen-bond acceptors (Lipinski definition) is 10. The average molecular weight is 1000 g/mol. The van der Waals surface area contributed by atoms with Crippen molar-refractivity contribution in [3.8, 4) is 0 Å². The van der Waals surface area contributed by atoms with E-state index in [0.717, 1.165) is 96.3 Å². The second kappa shape index (κ2) is 49.6. The molecule has 6 N–H and O–H groups in total. The van der Waals surface area contributed by atoms with Crippen LogP contribution in [0.1, 0.15) is 245 Å². The quantitative estimate of drug-likeness (QED) is 0.0149. The molecule has 1 fully saturated rings. The fourth-order valence-electron chi connectivity index (χ4n) is 8.82. The van der Waals surface area contributed by atoms with Crippen LogP contribution in [-0.4, -0.2) is 100 Å². The van der Waals surface area contributed by atoms with E-state index in [1.54, 1.807) is 6.08 Å². The second-order valence-corrected chi connectivity index (χ2v) is 20.0. The number of carbonyl (C=O) groups is 2. The van der Waals surface area contributed by atoms with Crippen LogP contribution in [0.25, 0.3) is 0 Å². The van der Waals surface area contributed by atoms with Crippen LogP contribution in [0.15, 0.2) is 60.8 Å². The molecule has 1 aliphatic rings. The highest BCUT2D eigenvalue weighted by Gasteiger charge is 2.44. The van der Waals surface area contributed by atoms with Gasteiger partial charge < -0.3 is 45.1 Å². The first kappa shape index (κ1) is 66.4. The van der Waals surface area contributed by atoms with Crippen LogP contribution >= 0.6 is 0 Å². The predicted molar refractivity (Wildman–Crippen MR) is 292 cm³/mol. The number of esters is 1. The van der Waals surface area contributed by atoms with Gasteiger partial charge in [-0.05, 0) is 84.0 Å². The fraction of sp³-hybridized carbons (Fsp3) is 0.800. The Labute approximate surface area is 433 Å². The number of allylic oxidation sites excluding steroid dienone is 9. The highest BCUT2D eigenvalue weighted by molar-refractivity contribution is 5.76. The molecule has 0 aromatic carbocycles. The van der Waals surface area contributed by atoms with Crippen molar-refractivity contribution < 1.29 is 49.3 Å². The van der Waals surface area contributed by atoms with Gasteiger partial charge in [0.2, 0.25) is 5.91 Å². The molecule has 0 spiro atoms. The first-order valence-electron chi connectivity index (χ1n) is 29.0. The van der Waals surface area contributed by atoms with Gasteiger partial charge in [0.25, 0.3) is 0 Å². The smallest absolute Gasteiger partial charge is 0.305 e. The number of aliphatic hydroxyl groups excluding tert-OH is 5. The third-order valence-electron chi connectivity index (χ3n) is 13.5. The Kier molecular flexibility index (Phi) is 46.3. The molecule has 0 aromatic rings. The van der Waals surface area contributed by atoms with E-state index in [1.807, 2.05) is 19.1 Å². The molecule has 1 amide bonds. The van der Waals surface area contributed by atoms with E-state index in [1.165, 1.54) is 109 Å². The molecule has 1 heterocycles. The number of rotatable bonds is 49. The van der Waals surface area contributed by atoms with Gasteiger partial charge in [-0.2, -0.15) is 0 Å². The monoisotopic (exact) mass is 1000 g/mol. The maximum absolute atomic E-state index is 13.0. The maximum Gasteiger partial charge on any atom is 0.305 e. The normalized spacial score (nSPS) is 19.6. The Morgan fingerprint density at radius 3 is 1.54 bits per heavy atom. The molecule has 11 heteroatoms. The highest BCUT2D eigenvalue weighted by Crippen LogP contribution is 2.23. The van der Waals surface area contributed by atoms with Crippen molar-refractivity contribution >= 4 is 11.9 Å². The summed E-state index contributed by atoms with van der Waals surface area (Å²) in [5, 5.41) is 54.1. The Bertz CT molecular complexity index is 1360. The van der Waals surface area contributed by atoms with Crippen LogP contribution in [0.5, 0.6) is 0 Å². The first-order chi connectivity index (χ1) is 34.7. The van der Waals surface area contributed by atoms with Crippen LogP contribution in [-0.2, 0) is 23.8 Å². The number of amides is 1. The van der Waals surface area contributed by atoms with E-state index in [2.05, 4.69) is 54.8 Å². The van der Waals surface area contributed by atoms with E-state index in [4.69, 9.17) is 14.2 Å². The number of ether oxygens (including phenoxy) is 3. The van der Waals surface area contributed by atoms with Crippen molar-refractivity contribution in [1.29, 1.82) is 0 Å². The summed E-state index contributed by atoms with van der Waals surface area (Å²) in [5.74, 6) is -0.262. The summed E-state index contributed by atoms with van der Waals surface area (Å²) in [6.07, 6.45) is 53.5. The number of unbranched alkanes of at least 4 members (excludes halogenated alkanes) is 29. The number of hydrogen-bond donors (Lipinski definition) is 6. The topological polar surface area (TPSA) is 175 Å². The van der Waals surface area contributed by atoms with Crippen molar-refractivity contribution in [2.45, 2.75) is 288 Å². The molecule has 0 bridgehead atoms. The lowest BCUT2D eigenvalue weighted by molar-refractivity contribution is -0.302. The fourth-order valence-corrected chi connectivity index (χ4v) is 8.82. The molecule has 0 saturated carbocycles. The van der Waals surface area contributed by atoms with Crippen molar-refractivity contribution in [3.05, 3.63) is 60.8 Å². The number of nitrogens with one attached hydrogen (secondary N) is 1. The van der Waals surface area contributed by atoms with Gasteiger partial charge in [0.1, 0.15) is 24.4 Å². The number of carbonyl (C=O) groups excluding carboxylic acids is 2. The SMILES string of the molecule is C/C=C/CC/C=C/CC/C=C/C(O)C(COC1OC(CO)C(O)C(O)C1O)NC(=O)CCCCCCCC/C=C\C=C/CCCCCOC(=O)CCCCCCCCCCCCCCCCCCCCC. The molecule has 7 atom stereocenters. The number of aliphatic hydroxyl groups is 5. The third kappa shape index (κ3) is 39.5. The van der Waals surface area contributed by atoms with Gasteiger partial charge in [-0.25, -0.2) is 0 Å². The summed E-state index contributed by atoms with van der Waals surface area (Å²) in [6.45, 7) is 4.01. The summed E-state index contributed by atoms with van der Waals surface area (Å²) < 4.78 is 16.6.